The molecule has 0 aliphatic heterocycles. The summed E-state index contributed by atoms with van der Waals surface area (Å²) in [6, 6.07) is 11.4. The van der Waals surface area contributed by atoms with Crippen LogP contribution in [0.5, 0.6) is 5.75 Å². The summed E-state index contributed by atoms with van der Waals surface area (Å²) < 4.78 is 5.17. The summed E-state index contributed by atoms with van der Waals surface area (Å²) >= 11 is 0. The van der Waals surface area contributed by atoms with E-state index in [0.717, 1.165) is 0 Å². The molecule has 0 saturated carbocycles. The molecular formula is C15H10N4O3. The second-order valence-electron chi connectivity index (χ2n) is 3.98. The number of ether oxygens (including phenoxy) is 1. The first kappa shape index (κ1) is 15.0. The average Bonchev–Trinajstić information content (AvgIpc) is 2.55. The SMILES string of the molecule is COc1cc(N=C=O)ccc1/N=N/c1ccc(N=C=O)cc1. The molecule has 7 nitrogen and oxygen atoms in total. The molecule has 108 valence electrons. The van der Waals surface area contributed by atoms with Crippen molar-refractivity contribution in [2.75, 3.05) is 7.11 Å². The van der Waals surface area contributed by atoms with Crippen LogP contribution >= 0.6 is 0 Å². The van der Waals surface area contributed by atoms with Gasteiger partial charge in [0.1, 0.15) is 11.4 Å². The van der Waals surface area contributed by atoms with Crippen molar-refractivity contribution in [3.05, 3.63) is 42.5 Å². The van der Waals surface area contributed by atoms with Gasteiger partial charge >= 0.3 is 0 Å². The van der Waals surface area contributed by atoms with E-state index in [-0.39, 0.29) is 0 Å². The lowest BCUT2D eigenvalue weighted by Gasteiger charge is -2.03. The molecule has 0 bridgehead atoms. The molecule has 0 fully saturated rings. The molecule has 0 unspecified atom stereocenters. The zero-order valence-corrected chi connectivity index (χ0v) is 11.6. The van der Waals surface area contributed by atoms with E-state index in [1.54, 1.807) is 42.5 Å². The molecule has 0 aliphatic rings. The third-order valence-corrected chi connectivity index (χ3v) is 2.64. The number of carbonyl (C=O) groups excluding carboxylic acids is 2. The highest BCUT2D eigenvalue weighted by molar-refractivity contribution is 5.61. The van der Waals surface area contributed by atoms with E-state index in [1.165, 1.54) is 19.3 Å². The first-order chi connectivity index (χ1) is 10.8. The van der Waals surface area contributed by atoms with Gasteiger partial charge in [0.05, 0.1) is 24.2 Å². The maximum absolute atomic E-state index is 10.2. The Hall–Kier alpha value is -3.40. The third-order valence-electron chi connectivity index (χ3n) is 2.64. The normalized spacial score (nSPS) is 9.86. The van der Waals surface area contributed by atoms with E-state index in [2.05, 4.69) is 20.2 Å². The van der Waals surface area contributed by atoms with E-state index in [9.17, 15) is 9.59 Å². The number of hydrogen-bond donors (Lipinski definition) is 0. The summed E-state index contributed by atoms with van der Waals surface area (Å²) in [4.78, 5) is 27.4. The van der Waals surface area contributed by atoms with Crippen LogP contribution in [0.25, 0.3) is 0 Å². The smallest absolute Gasteiger partial charge is 0.240 e. The fourth-order valence-electron chi connectivity index (χ4n) is 1.63. The Morgan fingerprint density at radius 3 is 2.05 bits per heavy atom. The van der Waals surface area contributed by atoms with Crippen molar-refractivity contribution in [3.63, 3.8) is 0 Å². The molecular weight excluding hydrogens is 284 g/mol. The molecule has 2 aromatic carbocycles. The van der Waals surface area contributed by atoms with Gasteiger partial charge in [0.2, 0.25) is 12.2 Å². The largest absolute Gasteiger partial charge is 0.494 e. The van der Waals surface area contributed by atoms with E-state index < -0.39 is 0 Å². The lowest BCUT2D eigenvalue weighted by atomic mass is 10.2. The van der Waals surface area contributed by atoms with E-state index in [4.69, 9.17) is 4.74 Å². The van der Waals surface area contributed by atoms with Crippen LogP contribution in [-0.2, 0) is 9.59 Å². The Labute approximate surface area is 125 Å². The summed E-state index contributed by atoms with van der Waals surface area (Å²) in [5.41, 5.74) is 1.98. The van der Waals surface area contributed by atoms with E-state index >= 15 is 0 Å². The van der Waals surface area contributed by atoms with E-state index in [0.29, 0.717) is 28.5 Å². The number of methoxy groups -OCH3 is 1. The van der Waals surface area contributed by atoms with Gasteiger partial charge in [-0.15, -0.1) is 5.11 Å². The molecule has 0 saturated heterocycles. The lowest BCUT2D eigenvalue weighted by molar-refractivity contribution is 0.416. The lowest BCUT2D eigenvalue weighted by Crippen LogP contribution is -1.82. The van der Waals surface area contributed by atoms with Gasteiger partial charge in [-0.1, -0.05) is 0 Å². The minimum atomic E-state index is 0.418. The van der Waals surface area contributed by atoms with Crippen LogP contribution < -0.4 is 4.74 Å². The molecule has 0 aliphatic carbocycles. The molecule has 0 heterocycles. The zero-order chi connectivity index (χ0) is 15.8. The van der Waals surface area contributed by atoms with Crippen molar-refractivity contribution in [2.45, 2.75) is 0 Å². The van der Waals surface area contributed by atoms with E-state index in [1.807, 2.05) is 0 Å². The topological polar surface area (TPSA) is 92.8 Å². The monoisotopic (exact) mass is 294 g/mol. The van der Waals surface area contributed by atoms with Crippen LogP contribution in [0.15, 0.2) is 62.7 Å². The quantitative estimate of drug-likeness (QED) is 0.473. The highest BCUT2D eigenvalue weighted by Crippen LogP contribution is 2.32. The van der Waals surface area contributed by atoms with Gasteiger partial charge in [-0.3, -0.25) is 0 Å². The van der Waals surface area contributed by atoms with Crippen LogP contribution in [0.4, 0.5) is 22.7 Å². The first-order valence-electron chi connectivity index (χ1n) is 6.12. The fourth-order valence-corrected chi connectivity index (χ4v) is 1.63. The highest BCUT2D eigenvalue weighted by Gasteiger charge is 2.03. The maximum Gasteiger partial charge on any atom is 0.240 e. The molecule has 0 amide bonds. The zero-order valence-electron chi connectivity index (χ0n) is 11.6. The molecule has 7 heteroatoms. The van der Waals surface area contributed by atoms with Gasteiger partial charge in [-0.25, -0.2) is 9.59 Å². The molecule has 0 aromatic heterocycles. The first-order valence-corrected chi connectivity index (χ1v) is 6.12. The van der Waals surface area contributed by atoms with Crippen molar-refractivity contribution in [1.82, 2.24) is 0 Å². The summed E-state index contributed by atoms with van der Waals surface area (Å²) in [6.07, 6.45) is 2.92. The second-order valence-corrected chi connectivity index (χ2v) is 3.98. The minimum Gasteiger partial charge on any atom is -0.494 e. The Morgan fingerprint density at radius 2 is 1.41 bits per heavy atom. The van der Waals surface area contributed by atoms with Crippen LogP contribution in [0.2, 0.25) is 0 Å². The van der Waals surface area contributed by atoms with Crippen molar-refractivity contribution in [3.8, 4) is 5.75 Å². The average molecular weight is 294 g/mol. The van der Waals surface area contributed by atoms with Crippen LogP contribution in [0.1, 0.15) is 0 Å². The predicted octanol–water partition coefficient (Wildman–Crippen LogP) is 4.05. The van der Waals surface area contributed by atoms with Crippen molar-refractivity contribution in [2.24, 2.45) is 20.2 Å². The summed E-state index contributed by atoms with van der Waals surface area (Å²) in [5.74, 6) is 0.433. The van der Waals surface area contributed by atoms with Gasteiger partial charge in [-0.2, -0.15) is 15.1 Å². The number of azo groups is 1. The van der Waals surface area contributed by atoms with Crippen LogP contribution in [0, 0.1) is 0 Å². The molecule has 0 N–H and O–H groups in total. The maximum atomic E-state index is 10.2. The number of rotatable bonds is 5. The van der Waals surface area contributed by atoms with Gasteiger partial charge in [0, 0.05) is 6.07 Å². The van der Waals surface area contributed by atoms with Gasteiger partial charge in [0.25, 0.3) is 0 Å². The minimum absolute atomic E-state index is 0.418. The standard InChI is InChI=1S/C15H10N4O3/c1-22-15-8-13(17-10-21)6-7-14(15)19-18-12-4-2-11(3-5-12)16-9-20/h2-8H,1H3/b19-18+. The Morgan fingerprint density at radius 1 is 0.818 bits per heavy atom. The molecule has 0 radical (unpaired) electrons. The van der Waals surface area contributed by atoms with Crippen LogP contribution in [0.3, 0.4) is 0 Å². The number of benzene rings is 2. The van der Waals surface area contributed by atoms with Gasteiger partial charge in [0.15, 0.2) is 0 Å². The predicted molar refractivity (Wildman–Crippen MR) is 79.2 cm³/mol. The Bertz CT molecular complexity index is 787. The number of hydrogen-bond acceptors (Lipinski definition) is 7. The number of isocyanates is 2. The molecule has 2 aromatic rings. The van der Waals surface area contributed by atoms with Crippen molar-refractivity contribution in [1.29, 1.82) is 0 Å². The highest BCUT2D eigenvalue weighted by atomic mass is 16.5. The van der Waals surface area contributed by atoms with Crippen molar-refractivity contribution >= 4 is 34.9 Å². The Balaban J connectivity index is 2.25. The summed E-state index contributed by atoms with van der Waals surface area (Å²) in [7, 11) is 1.48. The number of aliphatic imine (C=N–C) groups is 2. The molecule has 22 heavy (non-hydrogen) atoms. The molecule has 0 spiro atoms. The van der Waals surface area contributed by atoms with Crippen molar-refractivity contribution < 1.29 is 14.3 Å². The summed E-state index contributed by atoms with van der Waals surface area (Å²) in [5, 5.41) is 8.13. The summed E-state index contributed by atoms with van der Waals surface area (Å²) in [6.45, 7) is 0. The fraction of sp³-hybridized carbons (Fsp3) is 0.0667. The van der Waals surface area contributed by atoms with Gasteiger partial charge < -0.3 is 4.74 Å². The number of nitrogens with zero attached hydrogens (tertiary/aromatic N) is 4. The van der Waals surface area contributed by atoms with Gasteiger partial charge in [-0.05, 0) is 36.4 Å². The Kier molecular flexibility index (Phi) is 5.04. The molecule has 2 rings (SSSR count). The second kappa shape index (κ2) is 7.40. The third kappa shape index (κ3) is 3.80. The molecule has 0 atom stereocenters. The van der Waals surface area contributed by atoms with Crippen LogP contribution in [-0.4, -0.2) is 19.3 Å².